The van der Waals surface area contributed by atoms with Crippen LogP contribution in [0.1, 0.15) is 23.3 Å². The first-order valence-corrected chi connectivity index (χ1v) is 7.13. The second kappa shape index (κ2) is 8.49. The van der Waals surface area contributed by atoms with E-state index >= 15 is 0 Å². The van der Waals surface area contributed by atoms with E-state index in [-0.39, 0.29) is 41.7 Å². The standard InChI is InChI=1S/C13H19N5O4.ClH/c14-5-6-15-12(19)9-2-1-7-17(8-9)13(20)10-3-4-11(16-10)18(21)22;/h3-4,9,16H,1-2,5-8,14H2,(H,15,19);1H. The number of carbonyl (C=O) groups is 2. The topological polar surface area (TPSA) is 134 Å². The fourth-order valence-electron chi connectivity index (χ4n) is 2.50. The monoisotopic (exact) mass is 345 g/mol. The predicted molar refractivity (Wildman–Crippen MR) is 85.4 cm³/mol. The highest BCUT2D eigenvalue weighted by Crippen LogP contribution is 2.19. The number of H-pyrrole nitrogens is 1. The van der Waals surface area contributed by atoms with E-state index < -0.39 is 4.92 Å². The van der Waals surface area contributed by atoms with E-state index in [0.29, 0.717) is 32.6 Å². The summed E-state index contributed by atoms with van der Waals surface area (Å²) in [4.78, 5) is 38.4. The largest absolute Gasteiger partial charge is 0.358 e. The lowest BCUT2D eigenvalue weighted by molar-refractivity contribution is -0.389. The number of nitrogens with one attached hydrogen (secondary N) is 2. The maximum absolute atomic E-state index is 12.3. The highest BCUT2D eigenvalue weighted by Gasteiger charge is 2.30. The van der Waals surface area contributed by atoms with Gasteiger partial charge in [-0.25, -0.2) is 4.98 Å². The molecule has 1 aromatic rings. The zero-order chi connectivity index (χ0) is 16.1. The van der Waals surface area contributed by atoms with E-state index in [0.717, 1.165) is 6.42 Å². The smallest absolute Gasteiger partial charge is 0.321 e. The number of rotatable bonds is 5. The maximum atomic E-state index is 12.3. The molecule has 1 aromatic heterocycles. The van der Waals surface area contributed by atoms with Crippen LogP contribution >= 0.6 is 12.4 Å². The second-order valence-electron chi connectivity index (χ2n) is 5.18. The molecule has 128 valence electrons. The molecule has 1 atom stereocenters. The number of hydrogen-bond donors (Lipinski definition) is 3. The van der Waals surface area contributed by atoms with E-state index in [1.807, 2.05) is 0 Å². The molecule has 0 bridgehead atoms. The number of hydrogen-bond acceptors (Lipinski definition) is 5. The molecule has 1 fully saturated rings. The number of aromatic nitrogens is 1. The van der Waals surface area contributed by atoms with Crippen molar-refractivity contribution < 1.29 is 14.5 Å². The van der Waals surface area contributed by atoms with Gasteiger partial charge >= 0.3 is 5.82 Å². The Labute approximate surface area is 139 Å². The van der Waals surface area contributed by atoms with E-state index in [2.05, 4.69) is 10.3 Å². The number of nitrogens with zero attached hydrogens (tertiary/aromatic N) is 2. The van der Waals surface area contributed by atoms with Crippen molar-refractivity contribution in [2.45, 2.75) is 12.8 Å². The average molecular weight is 346 g/mol. The van der Waals surface area contributed by atoms with Crippen LogP contribution in [0.5, 0.6) is 0 Å². The van der Waals surface area contributed by atoms with Crippen LogP contribution in [0.4, 0.5) is 5.82 Å². The molecule has 1 aliphatic rings. The molecule has 9 nitrogen and oxygen atoms in total. The molecule has 2 amide bonds. The molecule has 23 heavy (non-hydrogen) atoms. The third-order valence-corrected chi connectivity index (χ3v) is 3.62. The first-order chi connectivity index (χ1) is 10.5. The molecule has 0 aromatic carbocycles. The van der Waals surface area contributed by atoms with Crippen molar-refractivity contribution in [3.05, 3.63) is 27.9 Å². The number of aromatic amines is 1. The summed E-state index contributed by atoms with van der Waals surface area (Å²) in [7, 11) is 0. The predicted octanol–water partition coefficient (Wildman–Crippen LogP) is 0.272. The second-order valence-corrected chi connectivity index (χ2v) is 5.18. The number of likely N-dealkylation sites (tertiary alicyclic amines) is 1. The molecule has 2 heterocycles. The van der Waals surface area contributed by atoms with Crippen molar-refractivity contribution in [2.75, 3.05) is 26.2 Å². The van der Waals surface area contributed by atoms with Crippen LogP contribution in [0.2, 0.25) is 0 Å². The summed E-state index contributed by atoms with van der Waals surface area (Å²) in [5.41, 5.74) is 5.51. The summed E-state index contributed by atoms with van der Waals surface area (Å²) in [6.07, 6.45) is 1.43. The molecule has 0 aliphatic carbocycles. The molecule has 1 unspecified atom stereocenters. The summed E-state index contributed by atoms with van der Waals surface area (Å²) in [5.74, 6) is -0.934. The number of carbonyl (C=O) groups excluding carboxylic acids is 2. The Morgan fingerprint density at radius 3 is 2.83 bits per heavy atom. The minimum Gasteiger partial charge on any atom is -0.358 e. The lowest BCUT2D eigenvalue weighted by Crippen LogP contribution is -2.46. The van der Waals surface area contributed by atoms with E-state index in [9.17, 15) is 19.7 Å². The maximum Gasteiger partial charge on any atom is 0.321 e. The zero-order valence-corrected chi connectivity index (χ0v) is 13.3. The first-order valence-electron chi connectivity index (χ1n) is 7.13. The SMILES string of the molecule is Cl.NCCNC(=O)C1CCCN(C(=O)c2ccc([N+](=O)[O-])[nH]2)C1. The van der Waals surface area contributed by atoms with Crippen LogP contribution in [0.25, 0.3) is 0 Å². The zero-order valence-electron chi connectivity index (χ0n) is 12.5. The Morgan fingerprint density at radius 1 is 1.48 bits per heavy atom. The van der Waals surface area contributed by atoms with Gasteiger partial charge in [0, 0.05) is 32.2 Å². The van der Waals surface area contributed by atoms with Crippen LogP contribution in [0.3, 0.4) is 0 Å². The van der Waals surface area contributed by atoms with E-state index in [4.69, 9.17) is 5.73 Å². The molecule has 0 radical (unpaired) electrons. The van der Waals surface area contributed by atoms with Crippen molar-refractivity contribution in [2.24, 2.45) is 11.7 Å². The molecule has 10 heteroatoms. The van der Waals surface area contributed by atoms with Gasteiger partial charge in [0.15, 0.2) is 5.69 Å². The van der Waals surface area contributed by atoms with Gasteiger partial charge in [-0.2, -0.15) is 0 Å². The average Bonchev–Trinajstić information content (AvgIpc) is 3.02. The third kappa shape index (κ3) is 4.67. The summed E-state index contributed by atoms with van der Waals surface area (Å²) in [5, 5.41) is 13.4. The molecule has 1 saturated heterocycles. The van der Waals surface area contributed by atoms with Gasteiger partial charge in [-0.05, 0) is 23.8 Å². The van der Waals surface area contributed by atoms with Crippen molar-refractivity contribution >= 4 is 30.0 Å². The van der Waals surface area contributed by atoms with Crippen LogP contribution in [-0.2, 0) is 4.79 Å². The Hall–Kier alpha value is -2.13. The molecule has 4 N–H and O–H groups in total. The Morgan fingerprint density at radius 2 is 2.22 bits per heavy atom. The third-order valence-electron chi connectivity index (χ3n) is 3.62. The minimum absolute atomic E-state index is 0. The van der Waals surface area contributed by atoms with Gasteiger partial charge < -0.3 is 26.1 Å². The Balaban J connectivity index is 0.00000264. The Kier molecular flexibility index (Phi) is 6.98. The number of piperidine rings is 1. The van der Waals surface area contributed by atoms with Gasteiger partial charge in [0.05, 0.1) is 5.92 Å². The van der Waals surface area contributed by atoms with Gasteiger partial charge in [-0.3, -0.25) is 9.59 Å². The van der Waals surface area contributed by atoms with E-state index in [1.54, 1.807) is 4.90 Å². The molecule has 0 spiro atoms. The normalized spacial score (nSPS) is 17.3. The lowest BCUT2D eigenvalue weighted by atomic mass is 9.97. The van der Waals surface area contributed by atoms with Gasteiger partial charge in [0.25, 0.3) is 5.91 Å². The van der Waals surface area contributed by atoms with Gasteiger partial charge in [-0.15, -0.1) is 12.4 Å². The number of nitro groups is 1. The van der Waals surface area contributed by atoms with Gasteiger partial charge in [0.2, 0.25) is 5.91 Å². The van der Waals surface area contributed by atoms with Crippen LogP contribution in [0, 0.1) is 16.0 Å². The first kappa shape index (κ1) is 18.9. The fraction of sp³-hybridized carbons (Fsp3) is 0.538. The Bertz CT molecular complexity index is 576. The number of halogens is 1. The summed E-state index contributed by atoms with van der Waals surface area (Å²) in [6, 6.07) is 2.64. The number of nitrogens with two attached hydrogens (primary N) is 1. The van der Waals surface area contributed by atoms with Crippen LogP contribution in [-0.4, -0.2) is 52.8 Å². The van der Waals surface area contributed by atoms with Crippen LogP contribution in [0.15, 0.2) is 12.1 Å². The highest BCUT2D eigenvalue weighted by molar-refractivity contribution is 5.93. The molecule has 0 saturated carbocycles. The fourth-order valence-corrected chi connectivity index (χ4v) is 2.50. The van der Waals surface area contributed by atoms with E-state index in [1.165, 1.54) is 12.1 Å². The van der Waals surface area contributed by atoms with Crippen molar-refractivity contribution in [3.63, 3.8) is 0 Å². The quantitative estimate of drug-likeness (QED) is 0.520. The molecule has 1 aliphatic heterocycles. The van der Waals surface area contributed by atoms with Crippen molar-refractivity contribution in [1.82, 2.24) is 15.2 Å². The summed E-state index contributed by atoms with van der Waals surface area (Å²) in [6.45, 7) is 1.62. The van der Waals surface area contributed by atoms with Gasteiger partial charge in [0.1, 0.15) is 0 Å². The van der Waals surface area contributed by atoms with Crippen molar-refractivity contribution in [3.8, 4) is 0 Å². The minimum atomic E-state index is -0.587. The van der Waals surface area contributed by atoms with Gasteiger partial charge in [-0.1, -0.05) is 0 Å². The molecular weight excluding hydrogens is 326 g/mol. The van der Waals surface area contributed by atoms with Crippen LogP contribution < -0.4 is 11.1 Å². The number of amides is 2. The molecule has 2 rings (SSSR count). The van der Waals surface area contributed by atoms with Crippen molar-refractivity contribution in [1.29, 1.82) is 0 Å². The summed E-state index contributed by atoms with van der Waals surface area (Å²) < 4.78 is 0. The summed E-state index contributed by atoms with van der Waals surface area (Å²) >= 11 is 0. The highest BCUT2D eigenvalue weighted by atomic mass is 35.5. The molecular formula is C13H20ClN5O4. The lowest BCUT2D eigenvalue weighted by Gasteiger charge is -2.31.